The fourth-order valence-electron chi connectivity index (χ4n) is 2.56. The second-order valence-electron chi connectivity index (χ2n) is 5.19. The Balaban J connectivity index is 2.06. The molecule has 10 heteroatoms. The molecule has 2 atom stereocenters. The van der Waals surface area contributed by atoms with Gasteiger partial charge in [0.15, 0.2) is 12.5 Å². The Bertz CT molecular complexity index is 820. The maximum atomic E-state index is 12.9. The van der Waals surface area contributed by atoms with Crippen LogP contribution in [0.2, 0.25) is 0 Å². The third kappa shape index (κ3) is 2.62. The monoisotopic (exact) mass is 359 g/mol. The van der Waals surface area contributed by atoms with Crippen LogP contribution >= 0.6 is 11.5 Å². The number of halogens is 3. The van der Waals surface area contributed by atoms with Crippen molar-refractivity contribution in [3.05, 3.63) is 35.7 Å². The van der Waals surface area contributed by atoms with Gasteiger partial charge < -0.3 is 15.1 Å². The molecule has 0 fully saturated rings. The molecule has 0 radical (unpaired) electrons. The van der Waals surface area contributed by atoms with Crippen molar-refractivity contribution < 1.29 is 28.2 Å². The molecule has 0 saturated carbocycles. The first-order chi connectivity index (χ1) is 11.2. The average Bonchev–Trinajstić information content (AvgIpc) is 2.92. The number of aldehydes is 1. The van der Waals surface area contributed by atoms with Crippen LogP contribution in [0.5, 0.6) is 0 Å². The predicted octanol–water partition coefficient (Wildman–Crippen LogP) is 1.90. The summed E-state index contributed by atoms with van der Waals surface area (Å²) in [5.41, 5.74) is -0.682. The molecule has 1 aromatic carbocycles. The molecular weight excluding hydrogens is 347 g/mol. The molecule has 2 aromatic rings. The Morgan fingerprint density at radius 3 is 2.67 bits per heavy atom. The number of alkyl halides is 3. The van der Waals surface area contributed by atoms with Crippen LogP contribution in [0.15, 0.2) is 30.0 Å². The molecule has 128 valence electrons. The number of aromatic nitrogens is 1. The first-order valence-electron chi connectivity index (χ1n) is 6.75. The predicted molar refractivity (Wildman–Crippen MR) is 81.4 cm³/mol. The standard InChI is InChI=1S/C14H12F3N3O3S/c1-19-11(14(15,16)17)5-12(22)20(13(19)23)7-2-3-10-8(4-7)9(6-21)18-24-10/h2-6,12-13,22-23H,1H3. The quantitative estimate of drug-likeness (QED) is 0.798. The highest BCUT2D eigenvalue weighted by atomic mass is 32.1. The third-order valence-corrected chi connectivity index (χ3v) is 4.59. The van der Waals surface area contributed by atoms with Crippen molar-refractivity contribution in [3.63, 3.8) is 0 Å². The second kappa shape index (κ2) is 5.72. The summed E-state index contributed by atoms with van der Waals surface area (Å²) in [6, 6.07) is 4.65. The number of nitrogens with zero attached hydrogens (tertiary/aromatic N) is 3. The van der Waals surface area contributed by atoms with Gasteiger partial charge in [0.1, 0.15) is 11.4 Å². The van der Waals surface area contributed by atoms with Crippen LogP contribution in [0.4, 0.5) is 18.9 Å². The normalized spacial score (nSPS) is 22.0. The number of carbonyl (C=O) groups is 1. The molecule has 2 unspecified atom stereocenters. The van der Waals surface area contributed by atoms with Crippen LogP contribution in [0, 0.1) is 0 Å². The summed E-state index contributed by atoms with van der Waals surface area (Å²) < 4.78 is 43.5. The van der Waals surface area contributed by atoms with Crippen molar-refractivity contribution >= 4 is 33.6 Å². The molecule has 0 bridgehead atoms. The molecule has 6 nitrogen and oxygen atoms in total. The van der Waals surface area contributed by atoms with E-state index in [1.807, 2.05) is 0 Å². The van der Waals surface area contributed by atoms with E-state index in [0.717, 1.165) is 23.5 Å². The molecule has 2 heterocycles. The van der Waals surface area contributed by atoms with E-state index in [-0.39, 0.29) is 11.4 Å². The highest BCUT2D eigenvalue weighted by molar-refractivity contribution is 7.13. The van der Waals surface area contributed by atoms with Gasteiger partial charge in [-0.1, -0.05) is 0 Å². The molecule has 0 amide bonds. The lowest BCUT2D eigenvalue weighted by atomic mass is 10.1. The van der Waals surface area contributed by atoms with Crippen molar-refractivity contribution in [2.75, 3.05) is 11.9 Å². The number of rotatable bonds is 2. The Kier molecular flexibility index (Phi) is 3.98. The Morgan fingerprint density at radius 1 is 1.33 bits per heavy atom. The molecule has 3 rings (SSSR count). The molecule has 2 N–H and O–H groups in total. The van der Waals surface area contributed by atoms with Crippen LogP contribution in [0.3, 0.4) is 0 Å². The van der Waals surface area contributed by atoms with Crippen LogP contribution in [-0.4, -0.2) is 51.6 Å². The highest BCUT2D eigenvalue weighted by Crippen LogP contribution is 2.36. The minimum Gasteiger partial charge on any atom is -0.370 e. The zero-order valence-electron chi connectivity index (χ0n) is 12.2. The molecule has 24 heavy (non-hydrogen) atoms. The van der Waals surface area contributed by atoms with Gasteiger partial charge in [-0.3, -0.25) is 9.69 Å². The van der Waals surface area contributed by atoms with E-state index in [0.29, 0.717) is 27.3 Å². The number of fused-ring (bicyclic) bond motifs is 1. The van der Waals surface area contributed by atoms with E-state index >= 15 is 0 Å². The summed E-state index contributed by atoms with van der Waals surface area (Å²) in [6.45, 7) is 0. The summed E-state index contributed by atoms with van der Waals surface area (Å²) in [5, 5.41) is 20.8. The first kappa shape index (κ1) is 16.7. The number of carbonyl (C=O) groups excluding carboxylic acids is 1. The summed E-state index contributed by atoms with van der Waals surface area (Å²) in [5.74, 6) is 0. The summed E-state index contributed by atoms with van der Waals surface area (Å²) in [4.78, 5) is 12.6. The Morgan fingerprint density at radius 2 is 2.04 bits per heavy atom. The summed E-state index contributed by atoms with van der Waals surface area (Å²) >= 11 is 1.10. The van der Waals surface area contributed by atoms with Crippen molar-refractivity contribution in [1.82, 2.24) is 9.27 Å². The maximum absolute atomic E-state index is 12.9. The number of aliphatic hydroxyl groups excluding tert-OH is 2. The van der Waals surface area contributed by atoms with Crippen LogP contribution in [0.25, 0.3) is 10.1 Å². The highest BCUT2D eigenvalue weighted by Gasteiger charge is 2.44. The zero-order chi connectivity index (χ0) is 17.6. The summed E-state index contributed by atoms with van der Waals surface area (Å²) in [6.07, 6.45) is -6.93. The molecule has 1 aromatic heterocycles. The fourth-order valence-corrected chi connectivity index (χ4v) is 3.29. The van der Waals surface area contributed by atoms with Crippen molar-refractivity contribution in [1.29, 1.82) is 0 Å². The topological polar surface area (TPSA) is 76.9 Å². The Labute approximate surface area is 138 Å². The van der Waals surface area contributed by atoms with Crippen molar-refractivity contribution in [3.8, 4) is 0 Å². The molecule has 0 spiro atoms. The molecule has 0 saturated heterocycles. The van der Waals surface area contributed by atoms with Gasteiger partial charge in [-0.25, -0.2) is 0 Å². The van der Waals surface area contributed by atoms with E-state index in [2.05, 4.69) is 4.37 Å². The minimum absolute atomic E-state index is 0.192. The molecule has 1 aliphatic rings. The third-order valence-electron chi connectivity index (χ3n) is 3.75. The van der Waals surface area contributed by atoms with E-state index in [1.165, 1.54) is 12.1 Å². The van der Waals surface area contributed by atoms with Crippen molar-refractivity contribution in [2.45, 2.75) is 18.8 Å². The smallest absolute Gasteiger partial charge is 0.370 e. The number of anilines is 1. The molecular formula is C14H12F3N3O3S. The molecule has 1 aliphatic heterocycles. The lowest BCUT2D eigenvalue weighted by molar-refractivity contribution is -0.133. The van der Waals surface area contributed by atoms with Crippen LogP contribution < -0.4 is 4.90 Å². The van der Waals surface area contributed by atoms with Gasteiger partial charge in [-0.15, -0.1) is 0 Å². The lowest BCUT2D eigenvalue weighted by Gasteiger charge is -2.43. The van der Waals surface area contributed by atoms with Gasteiger partial charge in [0.05, 0.1) is 4.70 Å². The fraction of sp³-hybridized carbons (Fsp3) is 0.286. The average molecular weight is 359 g/mol. The second-order valence-corrected chi connectivity index (χ2v) is 6.00. The van der Waals surface area contributed by atoms with Gasteiger partial charge >= 0.3 is 6.18 Å². The summed E-state index contributed by atoms with van der Waals surface area (Å²) in [7, 11) is 1.07. The molecule has 0 aliphatic carbocycles. The SMILES string of the molecule is CN1C(C(F)(F)F)=CC(O)N(c2ccc3snc(C=O)c3c2)C1O. The lowest BCUT2D eigenvalue weighted by Crippen LogP contribution is -2.56. The van der Waals surface area contributed by atoms with E-state index in [1.54, 1.807) is 6.07 Å². The first-order valence-corrected chi connectivity index (χ1v) is 7.52. The number of aliphatic hydroxyl groups is 2. The maximum Gasteiger partial charge on any atom is 0.431 e. The van der Waals surface area contributed by atoms with Gasteiger partial charge in [0.2, 0.25) is 6.35 Å². The van der Waals surface area contributed by atoms with Crippen LogP contribution in [0.1, 0.15) is 10.5 Å². The van der Waals surface area contributed by atoms with Gasteiger partial charge in [0, 0.05) is 18.1 Å². The van der Waals surface area contributed by atoms with Crippen LogP contribution in [-0.2, 0) is 0 Å². The largest absolute Gasteiger partial charge is 0.431 e. The Hall–Kier alpha value is -2.17. The number of hydrogen-bond donors (Lipinski definition) is 2. The number of hydrogen-bond acceptors (Lipinski definition) is 7. The van der Waals surface area contributed by atoms with Crippen molar-refractivity contribution in [2.24, 2.45) is 0 Å². The van der Waals surface area contributed by atoms with E-state index in [4.69, 9.17) is 0 Å². The van der Waals surface area contributed by atoms with E-state index < -0.39 is 24.5 Å². The van der Waals surface area contributed by atoms with E-state index in [9.17, 15) is 28.2 Å². The van der Waals surface area contributed by atoms with Gasteiger partial charge in [0.25, 0.3) is 0 Å². The number of allylic oxidation sites excluding steroid dienone is 1. The number of benzene rings is 1. The van der Waals surface area contributed by atoms with Gasteiger partial charge in [-0.05, 0) is 35.8 Å². The minimum atomic E-state index is -4.70. The zero-order valence-corrected chi connectivity index (χ0v) is 13.0. The van der Waals surface area contributed by atoms with Gasteiger partial charge in [-0.2, -0.15) is 17.5 Å².